The topological polar surface area (TPSA) is 53.6 Å². The molecule has 1 amide bonds. The minimum absolute atomic E-state index is 0. The number of ether oxygens (including phenoxy) is 1. The van der Waals surface area contributed by atoms with Crippen LogP contribution >= 0.6 is 24.8 Å². The van der Waals surface area contributed by atoms with Gasteiger partial charge in [-0.05, 0) is 37.1 Å². The van der Waals surface area contributed by atoms with Crippen LogP contribution in [0, 0.1) is 11.7 Å². The number of carbonyl (C=O) groups excluding carboxylic acids is 1. The molecule has 0 spiro atoms. The first-order valence-corrected chi connectivity index (χ1v) is 8.80. The molecule has 2 N–H and O–H groups in total. The van der Waals surface area contributed by atoms with Crippen molar-refractivity contribution in [2.24, 2.45) is 5.92 Å². The molecule has 2 aliphatic rings. The Labute approximate surface area is 166 Å². The molecule has 148 valence electrons. The lowest BCUT2D eigenvalue weighted by Crippen LogP contribution is -2.46. The van der Waals surface area contributed by atoms with Gasteiger partial charge in [-0.1, -0.05) is 12.1 Å². The second-order valence-electron chi connectivity index (χ2n) is 6.50. The molecule has 0 aromatic heterocycles. The van der Waals surface area contributed by atoms with Gasteiger partial charge in [-0.3, -0.25) is 9.69 Å². The molecule has 3 rings (SSSR count). The zero-order chi connectivity index (χ0) is 16.8. The van der Waals surface area contributed by atoms with Crippen LogP contribution in [0.4, 0.5) is 4.39 Å². The quantitative estimate of drug-likeness (QED) is 0.784. The van der Waals surface area contributed by atoms with Gasteiger partial charge < -0.3 is 15.4 Å². The molecule has 2 unspecified atom stereocenters. The Balaban J connectivity index is 0.00000169. The lowest BCUT2D eigenvalue weighted by atomic mass is 9.98. The molecular weight excluding hydrogens is 380 g/mol. The third kappa shape index (κ3) is 6.35. The van der Waals surface area contributed by atoms with E-state index in [2.05, 4.69) is 15.5 Å². The van der Waals surface area contributed by atoms with Gasteiger partial charge in [-0.2, -0.15) is 0 Å². The molecule has 8 heteroatoms. The van der Waals surface area contributed by atoms with E-state index in [1.807, 2.05) is 12.1 Å². The Bertz CT molecular complexity index is 536. The molecule has 1 aromatic rings. The molecule has 26 heavy (non-hydrogen) atoms. The molecule has 0 radical (unpaired) electrons. The number of halogens is 3. The van der Waals surface area contributed by atoms with E-state index < -0.39 is 0 Å². The van der Waals surface area contributed by atoms with Crippen molar-refractivity contribution in [2.75, 3.05) is 45.9 Å². The van der Waals surface area contributed by atoms with E-state index in [-0.39, 0.29) is 48.5 Å². The Kier molecular flexibility index (Phi) is 10.4. The van der Waals surface area contributed by atoms with Crippen molar-refractivity contribution in [2.45, 2.75) is 18.9 Å². The summed E-state index contributed by atoms with van der Waals surface area (Å²) < 4.78 is 18.7. The summed E-state index contributed by atoms with van der Waals surface area (Å²) in [5, 5.41) is 6.38. The molecule has 5 nitrogen and oxygen atoms in total. The Morgan fingerprint density at radius 3 is 2.58 bits per heavy atom. The molecule has 2 saturated heterocycles. The van der Waals surface area contributed by atoms with Gasteiger partial charge in [-0.25, -0.2) is 4.39 Å². The van der Waals surface area contributed by atoms with Crippen LogP contribution in [-0.2, 0) is 9.53 Å². The SMILES string of the molecule is Cl.Cl.O=C(NCC(c1ccc(F)cc1)N1CCOCC1)C1CCCNC1. The monoisotopic (exact) mass is 407 g/mol. The van der Waals surface area contributed by atoms with E-state index in [0.717, 1.165) is 44.6 Å². The van der Waals surface area contributed by atoms with Crippen molar-refractivity contribution < 1.29 is 13.9 Å². The fourth-order valence-corrected chi connectivity index (χ4v) is 3.45. The van der Waals surface area contributed by atoms with E-state index in [1.54, 1.807) is 0 Å². The summed E-state index contributed by atoms with van der Waals surface area (Å²) in [4.78, 5) is 14.7. The number of hydrogen-bond acceptors (Lipinski definition) is 4. The van der Waals surface area contributed by atoms with Crippen molar-refractivity contribution in [1.82, 2.24) is 15.5 Å². The van der Waals surface area contributed by atoms with Gasteiger partial charge in [0.15, 0.2) is 0 Å². The average Bonchev–Trinajstić information content (AvgIpc) is 2.65. The average molecular weight is 408 g/mol. The molecule has 0 aliphatic carbocycles. The third-order valence-corrected chi connectivity index (χ3v) is 4.88. The smallest absolute Gasteiger partial charge is 0.224 e. The van der Waals surface area contributed by atoms with Gasteiger partial charge in [0.2, 0.25) is 5.91 Å². The van der Waals surface area contributed by atoms with E-state index in [4.69, 9.17) is 4.74 Å². The summed E-state index contributed by atoms with van der Waals surface area (Å²) in [6, 6.07) is 6.63. The number of rotatable bonds is 5. The summed E-state index contributed by atoms with van der Waals surface area (Å²) in [7, 11) is 0. The van der Waals surface area contributed by atoms with Crippen molar-refractivity contribution >= 4 is 30.7 Å². The van der Waals surface area contributed by atoms with Gasteiger partial charge in [-0.15, -0.1) is 24.8 Å². The molecule has 2 aliphatic heterocycles. The van der Waals surface area contributed by atoms with Crippen molar-refractivity contribution in [3.05, 3.63) is 35.6 Å². The second-order valence-corrected chi connectivity index (χ2v) is 6.50. The largest absolute Gasteiger partial charge is 0.379 e. The third-order valence-electron chi connectivity index (χ3n) is 4.88. The van der Waals surface area contributed by atoms with E-state index >= 15 is 0 Å². The fourth-order valence-electron chi connectivity index (χ4n) is 3.45. The second kappa shape index (κ2) is 11.7. The molecular formula is C18H28Cl2FN3O2. The van der Waals surface area contributed by atoms with Gasteiger partial charge >= 0.3 is 0 Å². The van der Waals surface area contributed by atoms with Crippen LogP contribution in [0.2, 0.25) is 0 Å². The molecule has 1 aromatic carbocycles. The molecule has 0 saturated carbocycles. The number of hydrogen-bond donors (Lipinski definition) is 2. The van der Waals surface area contributed by atoms with Crippen molar-refractivity contribution in [3.63, 3.8) is 0 Å². The van der Waals surface area contributed by atoms with Gasteiger partial charge in [0.1, 0.15) is 5.82 Å². The summed E-state index contributed by atoms with van der Waals surface area (Å²) in [5.41, 5.74) is 1.03. The predicted octanol–water partition coefficient (Wildman–Crippen LogP) is 2.16. The summed E-state index contributed by atoms with van der Waals surface area (Å²) >= 11 is 0. The number of nitrogens with zero attached hydrogens (tertiary/aromatic N) is 1. The highest BCUT2D eigenvalue weighted by molar-refractivity contribution is 5.85. The lowest BCUT2D eigenvalue weighted by Gasteiger charge is -2.35. The van der Waals surface area contributed by atoms with Crippen LogP contribution in [0.15, 0.2) is 24.3 Å². The van der Waals surface area contributed by atoms with Gasteiger partial charge in [0, 0.05) is 26.2 Å². The minimum Gasteiger partial charge on any atom is -0.379 e. The molecule has 0 bridgehead atoms. The first-order valence-electron chi connectivity index (χ1n) is 8.80. The molecule has 2 fully saturated rings. The highest BCUT2D eigenvalue weighted by Gasteiger charge is 2.25. The van der Waals surface area contributed by atoms with Gasteiger partial charge in [0.05, 0.1) is 25.2 Å². The van der Waals surface area contributed by atoms with Crippen LogP contribution in [-0.4, -0.2) is 56.7 Å². The standard InChI is InChI=1S/C18H26FN3O2.2ClH/c19-16-5-3-14(4-6-16)17(22-8-10-24-11-9-22)13-21-18(23)15-2-1-7-20-12-15;;/h3-6,15,17,20H,1-2,7-13H2,(H,21,23);2*1H. The summed E-state index contributed by atoms with van der Waals surface area (Å²) in [5.74, 6) is -0.0725. The zero-order valence-electron chi connectivity index (χ0n) is 14.8. The number of carbonyl (C=O) groups is 1. The molecule has 2 atom stereocenters. The maximum Gasteiger partial charge on any atom is 0.224 e. The highest BCUT2D eigenvalue weighted by atomic mass is 35.5. The normalized spacial score (nSPS) is 21.8. The number of benzene rings is 1. The van der Waals surface area contributed by atoms with Crippen LogP contribution in [0.3, 0.4) is 0 Å². The Hall–Kier alpha value is -0.920. The predicted molar refractivity (Wildman–Crippen MR) is 105 cm³/mol. The van der Waals surface area contributed by atoms with Crippen molar-refractivity contribution in [1.29, 1.82) is 0 Å². The van der Waals surface area contributed by atoms with E-state index in [1.165, 1.54) is 12.1 Å². The van der Waals surface area contributed by atoms with Gasteiger partial charge in [0.25, 0.3) is 0 Å². The summed E-state index contributed by atoms with van der Waals surface area (Å²) in [6.07, 6.45) is 1.99. The van der Waals surface area contributed by atoms with Crippen LogP contribution in [0.1, 0.15) is 24.4 Å². The Morgan fingerprint density at radius 2 is 1.96 bits per heavy atom. The highest BCUT2D eigenvalue weighted by Crippen LogP contribution is 2.22. The fraction of sp³-hybridized carbons (Fsp3) is 0.611. The minimum atomic E-state index is -0.239. The van der Waals surface area contributed by atoms with Crippen LogP contribution < -0.4 is 10.6 Å². The Morgan fingerprint density at radius 1 is 1.27 bits per heavy atom. The molecule has 2 heterocycles. The lowest BCUT2D eigenvalue weighted by molar-refractivity contribution is -0.125. The van der Waals surface area contributed by atoms with Crippen LogP contribution in [0.25, 0.3) is 0 Å². The number of piperidine rings is 1. The first-order chi connectivity index (χ1) is 11.7. The van der Waals surface area contributed by atoms with E-state index in [0.29, 0.717) is 19.8 Å². The van der Waals surface area contributed by atoms with Crippen molar-refractivity contribution in [3.8, 4) is 0 Å². The maximum atomic E-state index is 13.2. The zero-order valence-corrected chi connectivity index (χ0v) is 16.4. The maximum absolute atomic E-state index is 13.2. The van der Waals surface area contributed by atoms with E-state index in [9.17, 15) is 9.18 Å². The number of morpholine rings is 1. The first kappa shape index (κ1) is 23.1. The summed E-state index contributed by atoms with van der Waals surface area (Å²) in [6.45, 7) is 5.32. The number of nitrogens with one attached hydrogen (secondary N) is 2. The van der Waals surface area contributed by atoms with Crippen LogP contribution in [0.5, 0.6) is 0 Å². The number of amides is 1.